The number of rotatable bonds is 1. The van der Waals surface area contributed by atoms with Gasteiger partial charge in [-0.2, -0.15) is 0 Å². The first-order valence-electron chi connectivity index (χ1n) is 2.68. The number of halogens is 1. The van der Waals surface area contributed by atoms with Gasteiger partial charge in [0.1, 0.15) is 0 Å². The number of hydrogen-bond donors (Lipinski definition) is 1. The van der Waals surface area contributed by atoms with E-state index in [1.165, 1.54) is 0 Å². The molecule has 3 heteroatoms. The fourth-order valence-corrected chi connectivity index (χ4v) is 1.30. The molecule has 0 bridgehead atoms. The molecule has 0 radical (unpaired) electrons. The van der Waals surface area contributed by atoms with E-state index in [9.17, 15) is 0 Å². The number of benzene rings is 1. The Labute approximate surface area is 64.8 Å². The first-order valence-corrected chi connectivity index (χ1v) is 4.81. The Kier molecular flexibility index (Phi) is 2.45. The third-order valence-electron chi connectivity index (χ3n) is 1.10. The van der Waals surface area contributed by atoms with E-state index in [1.54, 1.807) is 0 Å². The normalized spacial score (nSPS) is 10.9. The molecule has 1 N–H and O–H groups in total. The summed E-state index contributed by atoms with van der Waals surface area (Å²) in [6, 6.07) is 7.77. The predicted molar refractivity (Wildman–Crippen MR) is 44.5 cm³/mol. The van der Waals surface area contributed by atoms with Crippen LogP contribution in [-0.2, 0) is 0 Å². The molecule has 0 unspecified atom stereocenters. The molecular weight excluding hydrogens is 196 g/mol. The zero-order valence-corrected chi connectivity index (χ0v) is 7.84. The topological polar surface area (TPSA) is 20.2 Å². The van der Waals surface area contributed by atoms with Gasteiger partial charge in [-0.1, -0.05) is 28.1 Å². The van der Waals surface area contributed by atoms with E-state index in [-0.39, 0.29) is 0 Å². The molecule has 0 amide bonds. The van der Waals surface area contributed by atoms with E-state index < -0.39 is 9.76 Å². The summed E-state index contributed by atoms with van der Waals surface area (Å²) in [5, 5.41) is 1.08. The maximum atomic E-state index is 8.75. The van der Waals surface area contributed by atoms with Crippen molar-refractivity contribution in [3.05, 3.63) is 28.7 Å². The van der Waals surface area contributed by atoms with Crippen molar-refractivity contribution < 1.29 is 4.80 Å². The lowest BCUT2D eigenvalue weighted by Gasteiger charge is -1.92. The minimum Gasteiger partial charge on any atom is -0.433 e. The summed E-state index contributed by atoms with van der Waals surface area (Å²) in [5.41, 5.74) is 0. The van der Waals surface area contributed by atoms with Crippen molar-refractivity contribution in [3.63, 3.8) is 0 Å². The summed E-state index contributed by atoms with van der Waals surface area (Å²) in [6.45, 7) is 0. The van der Waals surface area contributed by atoms with Crippen molar-refractivity contribution in [3.8, 4) is 0 Å². The fraction of sp³-hybridized carbons (Fsp3) is 0. The van der Waals surface area contributed by atoms with Crippen LogP contribution in [0.25, 0.3) is 0 Å². The summed E-state index contributed by atoms with van der Waals surface area (Å²) in [7, 11) is -0.946. The van der Waals surface area contributed by atoms with E-state index >= 15 is 0 Å². The molecule has 0 aromatic heterocycles. The first kappa shape index (κ1) is 6.99. The lowest BCUT2D eigenvalue weighted by Crippen LogP contribution is -2.11. The van der Waals surface area contributed by atoms with Crippen LogP contribution in [0.2, 0.25) is 0 Å². The second kappa shape index (κ2) is 3.15. The quantitative estimate of drug-likeness (QED) is 0.644. The molecule has 1 aromatic carbocycles. The SMILES string of the molecule is O[SiH2]c1ccc(Br)cc1. The predicted octanol–water partition coefficient (Wildman–Crippen LogP) is 0.151. The van der Waals surface area contributed by atoms with E-state index in [0.29, 0.717) is 0 Å². The van der Waals surface area contributed by atoms with Crippen molar-refractivity contribution in [2.24, 2.45) is 0 Å². The summed E-state index contributed by atoms with van der Waals surface area (Å²) in [4.78, 5) is 8.75. The molecule has 0 saturated carbocycles. The molecule has 0 aliphatic carbocycles. The van der Waals surface area contributed by atoms with Crippen LogP contribution < -0.4 is 5.19 Å². The highest BCUT2D eigenvalue weighted by molar-refractivity contribution is 9.10. The monoisotopic (exact) mass is 202 g/mol. The van der Waals surface area contributed by atoms with Crippen LogP contribution in [0.3, 0.4) is 0 Å². The van der Waals surface area contributed by atoms with Crippen LogP contribution in [-0.4, -0.2) is 14.6 Å². The Morgan fingerprint density at radius 1 is 1.22 bits per heavy atom. The molecule has 9 heavy (non-hydrogen) atoms. The van der Waals surface area contributed by atoms with Gasteiger partial charge in [0, 0.05) is 4.47 Å². The van der Waals surface area contributed by atoms with E-state index in [2.05, 4.69) is 15.9 Å². The van der Waals surface area contributed by atoms with Gasteiger partial charge in [-0.3, -0.25) is 0 Å². The largest absolute Gasteiger partial charge is 0.433 e. The lowest BCUT2D eigenvalue weighted by atomic mass is 10.4. The zero-order valence-electron chi connectivity index (χ0n) is 4.84. The van der Waals surface area contributed by atoms with Crippen LogP contribution in [0.4, 0.5) is 0 Å². The van der Waals surface area contributed by atoms with Crippen molar-refractivity contribution in [1.82, 2.24) is 0 Å². The van der Waals surface area contributed by atoms with E-state index in [1.807, 2.05) is 24.3 Å². The Hall–Kier alpha value is -0.123. The van der Waals surface area contributed by atoms with Gasteiger partial charge < -0.3 is 4.80 Å². The molecule has 1 nitrogen and oxygen atoms in total. The minimum atomic E-state index is -0.946. The zero-order chi connectivity index (χ0) is 6.69. The molecule has 1 aromatic rings. The third kappa shape index (κ3) is 1.93. The Morgan fingerprint density at radius 3 is 2.22 bits per heavy atom. The molecule has 0 saturated heterocycles. The van der Waals surface area contributed by atoms with Gasteiger partial charge in [-0.25, -0.2) is 0 Å². The van der Waals surface area contributed by atoms with Crippen molar-refractivity contribution in [2.75, 3.05) is 0 Å². The van der Waals surface area contributed by atoms with E-state index in [0.717, 1.165) is 9.66 Å². The summed E-state index contributed by atoms with van der Waals surface area (Å²) in [6.07, 6.45) is 0. The average molecular weight is 203 g/mol. The molecule has 1 rings (SSSR count). The van der Waals surface area contributed by atoms with Crippen molar-refractivity contribution in [1.29, 1.82) is 0 Å². The Morgan fingerprint density at radius 2 is 1.78 bits per heavy atom. The molecule has 0 heterocycles. The fourth-order valence-electron chi connectivity index (χ4n) is 0.590. The van der Waals surface area contributed by atoms with Gasteiger partial charge in [0.25, 0.3) is 0 Å². The highest BCUT2D eigenvalue weighted by atomic mass is 79.9. The summed E-state index contributed by atoms with van der Waals surface area (Å²) in [5.74, 6) is 0. The third-order valence-corrected chi connectivity index (χ3v) is 2.46. The van der Waals surface area contributed by atoms with Crippen LogP contribution in [0.5, 0.6) is 0 Å². The van der Waals surface area contributed by atoms with Crippen molar-refractivity contribution >= 4 is 30.9 Å². The molecular formula is C6H7BrOSi. The smallest absolute Gasteiger partial charge is 0.187 e. The Balaban J connectivity index is 2.88. The van der Waals surface area contributed by atoms with Crippen LogP contribution in [0, 0.1) is 0 Å². The van der Waals surface area contributed by atoms with Crippen LogP contribution >= 0.6 is 15.9 Å². The first-order chi connectivity index (χ1) is 4.33. The molecule has 0 aliphatic heterocycles. The van der Waals surface area contributed by atoms with Gasteiger partial charge >= 0.3 is 0 Å². The molecule has 48 valence electrons. The van der Waals surface area contributed by atoms with Gasteiger partial charge in [0.15, 0.2) is 9.76 Å². The maximum absolute atomic E-state index is 8.75. The Bertz CT molecular complexity index is 185. The second-order valence-electron chi connectivity index (χ2n) is 1.78. The molecule has 0 aliphatic rings. The minimum absolute atomic E-state index is 0.946. The molecule has 0 atom stereocenters. The second-order valence-corrected chi connectivity index (χ2v) is 3.83. The standard InChI is InChI=1S/C6H7BrOSi/c7-5-1-3-6(9-8)4-2-5/h1-4,8H,9H2. The molecule has 0 spiro atoms. The van der Waals surface area contributed by atoms with Crippen molar-refractivity contribution in [2.45, 2.75) is 0 Å². The van der Waals surface area contributed by atoms with Crippen LogP contribution in [0.15, 0.2) is 28.7 Å². The summed E-state index contributed by atoms with van der Waals surface area (Å²) >= 11 is 3.31. The number of hydrogen-bond acceptors (Lipinski definition) is 1. The van der Waals surface area contributed by atoms with Crippen LogP contribution in [0.1, 0.15) is 0 Å². The van der Waals surface area contributed by atoms with Gasteiger partial charge in [-0.05, 0) is 17.3 Å². The maximum Gasteiger partial charge on any atom is 0.187 e. The van der Waals surface area contributed by atoms with Gasteiger partial charge in [0.05, 0.1) is 0 Å². The van der Waals surface area contributed by atoms with Gasteiger partial charge in [-0.15, -0.1) is 0 Å². The average Bonchev–Trinajstić information content (AvgIpc) is 1.90. The molecule has 0 fully saturated rings. The highest BCUT2D eigenvalue weighted by Crippen LogP contribution is 2.04. The summed E-state index contributed by atoms with van der Waals surface area (Å²) < 4.78 is 1.06. The van der Waals surface area contributed by atoms with E-state index in [4.69, 9.17) is 4.80 Å². The highest BCUT2D eigenvalue weighted by Gasteiger charge is 1.88. The van der Waals surface area contributed by atoms with Gasteiger partial charge in [0.2, 0.25) is 0 Å². The lowest BCUT2D eigenvalue weighted by molar-refractivity contribution is 0.615.